The summed E-state index contributed by atoms with van der Waals surface area (Å²) in [7, 11) is 0. The van der Waals surface area contributed by atoms with Gasteiger partial charge in [0.1, 0.15) is 0 Å². The van der Waals surface area contributed by atoms with E-state index in [9.17, 15) is 9.90 Å². The van der Waals surface area contributed by atoms with Gasteiger partial charge in [-0.05, 0) is 37.1 Å². The van der Waals surface area contributed by atoms with E-state index in [1.54, 1.807) is 12.1 Å². The van der Waals surface area contributed by atoms with E-state index in [1.807, 2.05) is 24.3 Å². The van der Waals surface area contributed by atoms with E-state index in [0.717, 1.165) is 17.8 Å². The third kappa shape index (κ3) is 1.87. The molecule has 0 bridgehead atoms. The predicted molar refractivity (Wildman–Crippen MR) is 75.1 cm³/mol. The van der Waals surface area contributed by atoms with Gasteiger partial charge in [-0.25, -0.2) is 4.79 Å². The summed E-state index contributed by atoms with van der Waals surface area (Å²) >= 11 is 0. The van der Waals surface area contributed by atoms with Crippen LogP contribution in [0.5, 0.6) is 0 Å². The maximum Gasteiger partial charge on any atom is 0.337 e. The molecule has 1 aliphatic heterocycles. The van der Waals surface area contributed by atoms with Gasteiger partial charge in [0, 0.05) is 11.7 Å². The third-order valence-electron chi connectivity index (χ3n) is 3.60. The van der Waals surface area contributed by atoms with Gasteiger partial charge in [0.2, 0.25) is 0 Å². The number of carboxylic acid groups (broad SMARTS) is 1. The molecule has 1 N–H and O–H groups in total. The lowest BCUT2D eigenvalue weighted by molar-refractivity contribution is 0.0697. The van der Waals surface area contributed by atoms with Crippen LogP contribution in [0.15, 0.2) is 48.5 Å². The van der Waals surface area contributed by atoms with Gasteiger partial charge in [-0.3, -0.25) is 0 Å². The summed E-state index contributed by atoms with van der Waals surface area (Å²) in [6, 6.07) is 15.6. The maximum atomic E-state index is 11.4. The normalized spacial score (nSPS) is 17.3. The number of nitrogens with zero attached hydrogens (tertiary/aromatic N) is 1. The second-order valence-corrected chi connectivity index (χ2v) is 4.87. The molecule has 3 rings (SSSR count). The van der Waals surface area contributed by atoms with Gasteiger partial charge in [0.05, 0.1) is 11.3 Å². The Balaban J connectivity index is 2.15. The van der Waals surface area contributed by atoms with Crippen LogP contribution in [0, 0.1) is 0 Å². The van der Waals surface area contributed by atoms with E-state index in [0.29, 0.717) is 5.56 Å². The number of para-hydroxylation sites is 2. The van der Waals surface area contributed by atoms with Crippen molar-refractivity contribution in [1.82, 2.24) is 0 Å². The Morgan fingerprint density at radius 2 is 1.74 bits per heavy atom. The topological polar surface area (TPSA) is 40.5 Å². The van der Waals surface area contributed by atoms with Gasteiger partial charge >= 0.3 is 5.97 Å². The Kier molecular flexibility index (Phi) is 2.75. The Bertz CT molecular complexity index is 636. The minimum atomic E-state index is -0.882. The summed E-state index contributed by atoms with van der Waals surface area (Å²) < 4.78 is 0. The zero-order valence-corrected chi connectivity index (χ0v) is 10.7. The molecular formula is C16H15NO2. The van der Waals surface area contributed by atoms with Crippen LogP contribution in [0.25, 0.3) is 0 Å². The molecule has 0 radical (unpaired) electrons. The van der Waals surface area contributed by atoms with Crippen molar-refractivity contribution in [3.63, 3.8) is 0 Å². The molecular weight excluding hydrogens is 238 g/mol. The van der Waals surface area contributed by atoms with E-state index in [4.69, 9.17) is 0 Å². The lowest BCUT2D eigenvalue weighted by Crippen LogP contribution is -2.25. The molecule has 0 saturated carbocycles. The summed E-state index contributed by atoms with van der Waals surface area (Å²) in [5.41, 5.74) is 3.51. The molecule has 1 heterocycles. The number of carbonyl (C=O) groups is 1. The number of hydrogen-bond donors (Lipinski definition) is 1. The average Bonchev–Trinajstić information content (AvgIpc) is 2.74. The van der Waals surface area contributed by atoms with Gasteiger partial charge in [0.25, 0.3) is 0 Å². The highest BCUT2D eigenvalue weighted by Gasteiger charge is 2.29. The Hall–Kier alpha value is -2.29. The SMILES string of the molecule is C[C@H]1Cc2ccccc2N1c1ccccc1C(=O)O. The first-order valence-electron chi connectivity index (χ1n) is 6.38. The van der Waals surface area contributed by atoms with E-state index >= 15 is 0 Å². The fourth-order valence-corrected chi connectivity index (χ4v) is 2.80. The van der Waals surface area contributed by atoms with Gasteiger partial charge in [0.15, 0.2) is 0 Å². The fraction of sp³-hybridized carbons (Fsp3) is 0.188. The summed E-state index contributed by atoms with van der Waals surface area (Å²) in [6.45, 7) is 2.12. The van der Waals surface area contributed by atoms with Crippen LogP contribution in [0.2, 0.25) is 0 Å². The van der Waals surface area contributed by atoms with E-state index < -0.39 is 5.97 Å². The summed E-state index contributed by atoms with van der Waals surface area (Å²) in [6.07, 6.45) is 0.949. The molecule has 0 spiro atoms. The van der Waals surface area contributed by atoms with Crippen molar-refractivity contribution in [2.75, 3.05) is 4.90 Å². The molecule has 3 heteroatoms. The average molecular weight is 253 g/mol. The number of fused-ring (bicyclic) bond motifs is 1. The van der Waals surface area contributed by atoms with Crippen LogP contribution in [-0.2, 0) is 6.42 Å². The van der Waals surface area contributed by atoms with E-state index in [2.05, 4.69) is 24.0 Å². The lowest BCUT2D eigenvalue weighted by atomic mass is 10.1. The van der Waals surface area contributed by atoms with E-state index in [-0.39, 0.29) is 6.04 Å². The minimum Gasteiger partial charge on any atom is -0.478 e. The molecule has 0 fully saturated rings. The molecule has 2 aromatic rings. The molecule has 0 aromatic heterocycles. The summed E-state index contributed by atoms with van der Waals surface area (Å²) in [4.78, 5) is 13.5. The predicted octanol–water partition coefficient (Wildman–Crippen LogP) is 3.47. The number of hydrogen-bond acceptors (Lipinski definition) is 2. The van der Waals surface area contributed by atoms with Crippen LogP contribution in [0.3, 0.4) is 0 Å². The van der Waals surface area contributed by atoms with Crippen molar-refractivity contribution in [3.05, 3.63) is 59.7 Å². The van der Waals surface area contributed by atoms with Crippen molar-refractivity contribution < 1.29 is 9.90 Å². The molecule has 2 aromatic carbocycles. The molecule has 1 atom stereocenters. The smallest absolute Gasteiger partial charge is 0.337 e. The number of aromatic carboxylic acids is 1. The van der Waals surface area contributed by atoms with Crippen molar-refractivity contribution in [2.24, 2.45) is 0 Å². The Morgan fingerprint density at radius 1 is 1.11 bits per heavy atom. The van der Waals surface area contributed by atoms with Crippen LogP contribution < -0.4 is 4.90 Å². The van der Waals surface area contributed by atoms with Crippen molar-refractivity contribution in [3.8, 4) is 0 Å². The van der Waals surface area contributed by atoms with Crippen LogP contribution >= 0.6 is 0 Å². The van der Waals surface area contributed by atoms with Gasteiger partial charge in [-0.2, -0.15) is 0 Å². The molecule has 0 aliphatic carbocycles. The zero-order chi connectivity index (χ0) is 13.4. The number of anilines is 2. The quantitative estimate of drug-likeness (QED) is 0.891. The Morgan fingerprint density at radius 3 is 2.47 bits per heavy atom. The van der Waals surface area contributed by atoms with Gasteiger partial charge < -0.3 is 10.0 Å². The second kappa shape index (κ2) is 4.43. The molecule has 0 unspecified atom stereocenters. The summed E-state index contributed by atoms with van der Waals surface area (Å²) in [5, 5.41) is 9.33. The number of carboxylic acids is 1. The first-order chi connectivity index (χ1) is 9.18. The van der Waals surface area contributed by atoms with Crippen molar-refractivity contribution in [1.29, 1.82) is 0 Å². The van der Waals surface area contributed by atoms with Crippen LogP contribution in [0.1, 0.15) is 22.8 Å². The monoisotopic (exact) mass is 253 g/mol. The minimum absolute atomic E-state index is 0.276. The highest BCUT2D eigenvalue weighted by molar-refractivity contribution is 5.96. The first-order valence-corrected chi connectivity index (χ1v) is 6.38. The van der Waals surface area contributed by atoms with E-state index in [1.165, 1.54) is 5.56 Å². The number of rotatable bonds is 2. The molecule has 19 heavy (non-hydrogen) atoms. The fourth-order valence-electron chi connectivity index (χ4n) is 2.80. The van der Waals surface area contributed by atoms with Gasteiger partial charge in [-0.15, -0.1) is 0 Å². The molecule has 0 amide bonds. The van der Waals surface area contributed by atoms with Crippen LogP contribution in [-0.4, -0.2) is 17.1 Å². The van der Waals surface area contributed by atoms with Crippen LogP contribution in [0.4, 0.5) is 11.4 Å². The third-order valence-corrected chi connectivity index (χ3v) is 3.60. The van der Waals surface area contributed by atoms with Crippen molar-refractivity contribution >= 4 is 17.3 Å². The maximum absolute atomic E-state index is 11.4. The summed E-state index contributed by atoms with van der Waals surface area (Å²) in [5.74, 6) is -0.882. The second-order valence-electron chi connectivity index (χ2n) is 4.87. The highest BCUT2D eigenvalue weighted by Crippen LogP contribution is 2.39. The molecule has 0 saturated heterocycles. The molecule has 3 nitrogen and oxygen atoms in total. The molecule has 96 valence electrons. The standard InChI is InChI=1S/C16H15NO2/c1-11-10-12-6-2-4-8-14(12)17(11)15-9-5-3-7-13(15)16(18)19/h2-9,11H,10H2,1H3,(H,18,19)/t11-/m0/s1. The zero-order valence-electron chi connectivity index (χ0n) is 10.7. The highest BCUT2D eigenvalue weighted by atomic mass is 16.4. The first kappa shape index (κ1) is 11.8. The molecule has 1 aliphatic rings. The largest absolute Gasteiger partial charge is 0.478 e. The van der Waals surface area contributed by atoms with Gasteiger partial charge in [-0.1, -0.05) is 30.3 Å². The number of benzene rings is 2. The lowest BCUT2D eigenvalue weighted by Gasteiger charge is -2.26. The van der Waals surface area contributed by atoms with Crippen molar-refractivity contribution in [2.45, 2.75) is 19.4 Å². The Labute approximate surface area is 112 Å².